The Balaban J connectivity index is 1.72. The summed E-state index contributed by atoms with van der Waals surface area (Å²) in [6.45, 7) is 0.712. The van der Waals surface area contributed by atoms with Gasteiger partial charge >= 0.3 is 6.03 Å². The first kappa shape index (κ1) is 11.6. The van der Waals surface area contributed by atoms with Crippen LogP contribution in [-0.2, 0) is 0 Å². The van der Waals surface area contributed by atoms with Crippen molar-refractivity contribution in [3.05, 3.63) is 36.5 Å². The van der Waals surface area contributed by atoms with Crippen molar-refractivity contribution in [2.24, 2.45) is 0 Å². The van der Waals surface area contributed by atoms with E-state index in [4.69, 9.17) is 0 Å². The van der Waals surface area contributed by atoms with Crippen LogP contribution in [0.3, 0.4) is 0 Å². The first-order valence-corrected chi connectivity index (χ1v) is 6.18. The Hall–Kier alpha value is -2.44. The Morgan fingerprint density at radius 1 is 1.42 bits per heavy atom. The Labute approximate surface area is 110 Å². The molecule has 1 aliphatic heterocycles. The van der Waals surface area contributed by atoms with E-state index in [-0.39, 0.29) is 12.1 Å². The number of amides is 2. The topological polar surface area (TPSA) is 86.8 Å². The molecule has 98 valence electrons. The molecule has 3 rings (SSSR count). The summed E-state index contributed by atoms with van der Waals surface area (Å²) >= 11 is 0. The Morgan fingerprint density at radius 2 is 2.37 bits per heavy atom. The van der Waals surface area contributed by atoms with Crippen LogP contribution in [0, 0.1) is 0 Å². The van der Waals surface area contributed by atoms with Crippen LogP contribution >= 0.6 is 0 Å². The van der Waals surface area contributed by atoms with E-state index in [0.717, 1.165) is 18.7 Å². The lowest BCUT2D eigenvalue weighted by molar-refractivity contribution is 0.205. The highest BCUT2D eigenvalue weighted by Crippen LogP contribution is 2.29. The monoisotopic (exact) mass is 258 g/mol. The van der Waals surface area contributed by atoms with Crippen LogP contribution in [0.15, 0.2) is 30.7 Å². The number of nitrogens with zero attached hydrogens (tertiary/aromatic N) is 4. The number of hydrogen-bond acceptors (Lipinski definition) is 4. The maximum atomic E-state index is 12.2. The maximum absolute atomic E-state index is 12.2. The molecule has 7 nitrogen and oxygen atoms in total. The van der Waals surface area contributed by atoms with Crippen molar-refractivity contribution in [3.63, 3.8) is 0 Å². The molecule has 3 heterocycles. The molecule has 7 heteroatoms. The van der Waals surface area contributed by atoms with E-state index in [9.17, 15) is 4.79 Å². The first-order chi connectivity index (χ1) is 9.34. The van der Waals surface area contributed by atoms with Crippen LogP contribution in [0.25, 0.3) is 0 Å². The predicted octanol–water partition coefficient (Wildman–Crippen LogP) is 1.57. The summed E-state index contributed by atoms with van der Waals surface area (Å²) in [6.07, 6.45) is 4.96. The molecule has 2 aromatic heterocycles. The molecule has 1 fully saturated rings. The smallest absolute Gasteiger partial charge is 0.314 e. The minimum absolute atomic E-state index is 0.0359. The van der Waals surface area contributed by atoms with Crippen LogP contribution in [0.4, 0.5) is 10.6 Å². The molecule has 1 aliphatic rings. The van der Waals surface area contributed by atoms with Crippen LogP contribution in [-0.4, -0.2) is 37.6 Å². The Morgan fingerprint density at radius 3 is 3.11 bits per heavy atom. The van der Waals surface area contributed by atoms with Gasteiger partial charge in [0.15, 0.2) is 0 Å². The third-order valence-corrected chi connectivity index (χ3v) is 3.16. The van der Waals surface area contributed by atoms with Gasteiger partial charge in [-0.25, -0.2) is 14.8 Å². The van der Waals surface area contributed by atoms with Crippen LogP contribution in [0.5, 0.6) is 0 Å². The summed E-state index contributed by atoms with van der Waals surface area (Å²) < 4.78 is 0. The van der Waals surface area contributed by atoms with E-state index in [1.807, 2.05) is 12.1 Å². The number of carbonyl (C=O) groups is 1. The van der Waals surface area contributed by atoms with Gasteiger partial charge in [0.05, 0.1) is 6.04 Å². The van der Waals surface area contributed by atoms with Crippen molar-refractivity contribution in [2.45, 2.75) is 18.9 Å². The molecule has 0 spiro atoms. The van der Waals surface area contributed by atoms with Gasteiger partial charge in [-0.3, -0.25) is 10.4 Å². The summed E-state index contributed by atoms with van der Waals surface area (Å²) in [4.78, 5) is 22.2. The second-order valence-corrected chi connectivity index (χ2v) is 4.37. The molecule has 1 atom stereocenters. The van der Waals surface area contributed by atoms with E-state index in [1.54, 1.807) is 17.2 Å². The molecule has 0 unspecified atom stereocenters. The largest absolute Gasteiger partial charge is 0.323 e. The van der Waals surface area contributed by atoms with Gasteiger partial charge in [0.1, 0.15) is 18.0 Å². The third kappa shape index (κ3) is 2.40. The summed E-state index contributed by atoms with van der Waals surface area (Å²) in [5.74, 6) is 1.28. The lowest BCUT2D eigenvalue weighted by Gasteiger charge is -2.22. The SMILES string of the molecule is O=C(Nc1ccccn1)N1CCC[C@@H]1c1ncn[nH]1. The lowest BCUT2D eigenvalue weighted by atomic mass is 10.2. The number of carbonyl (C=O) groups excluding carboxylic acids is 1. The van der Waals surface area contributed by atoms with Gasteiger partial charge in [-0.15, -0.1) is 0 Å². The summed E-state index contributed by atoms with van der Waals surface area (Å²) in [5, 5.41) is 9.46. The second-order valence-electron chi connectivity index (χ2n) is 4.37. The van der Waals surface area contributed by atoms with Crippen molar-refractivity contribution in [1.29, 1.82) is 0 Å². The van der Waals surface area contributed by atoms with Gasteiger partial charge in [0.2, 0.25) is 0 Å². The zero-order chi connectivity index (χ0) is 13.1. The van der Waals surface area contributed by atoms with E-state index in [0.29, 0.717) is 12.4 Å². The standard InChI is InChI=1S/C12H14N6O/c19-12(16-10-5-1-2-6-13-10)18-7-3-4-9(18)11-14-8-15-17-11/h1-2,5-6,8-9H,3-4,7H2,(H,13,16,19)(H,14,15,17)/t9-/m1/s1. The number of anilines is 1. The fraction of sp³-hybridized carbons (Fsp3) is 0.333. The number of aromatic amines is 1. The molecule has 0 saturated carbocycles. The Kier molecular flexibility index (Phi) is 3.09. The molecule has 2 N–H and O–H groups in total. The predicted molar refractivity (Wildman–Crippen MR) is 68.3 cm³/mol. The number of nitrogens with one attached hydrogen (secondary N) is 2. The van der Waals surface area contributed by atoms with Crippen molar-refractivity contribution >= 4 is 11.8 Å². The average molecular weight is 258 g/mol. The van der Waals surface area contributed by atoms with Gasteiger partial charge in [-0.05, 0) is 25.0 Å². The molecule has 0 aromatic carbocycles. The van der Waals surface area contributed by atoms with Crippen LogP contribution in [0.1, 0.15) is 24.7 Å². The van der Waals surface area contributed by atoms with Crippen molar-refractivity contribution < 1.29 is 4.79 Å². The number of likely N-dealkylation sites (tertiary alicyclic amines) is 1. The number of rotatable bonds is 2. The average Bonchev–Trinajstić information content (AvgIpc) is 3.10. The Bertz CT molecular complexity index is 541. The molecule has 2 amide bonds. The van der Waals surface area contributed by atoms with Crippen molar-refractivity contribution in [3.8, 4) is 0 Å². The van der Waals surface area contributed by atoms with Gasteiger partial charge < -0.3 is 4.90 Å². The zero-order valence-corrected chi connectivity index (χ0v) is 10.3. The molecule has 1 saturated heterocycles. The summed E-state index contributed by atoms with van der Waals surface area (Å²) in [7, 11) is 0. The number of aromatic nitrogens is 4. The van der Waals surface area contributed by atoms with Crippen molar-refractivity contribution in [1.82, 2.24) is 25.1 Å². The highest BCUT2D eigenvalue weighted by atomic mass is 16.2. The van der Waals surface area contributed by atoms with Gasteiger partial charge in [0, 0.05) is 12.7 Å². The van der Waals surface area contributed by atoms with Crippen LogP contribution < -0.4 is 5.32 Å². The minimum atomic E-state index is -0.155. The minimum Gasteiger partial charge on any atom is -0.314 e. The highest BCUT2D eigenvalue weighted by Gasteiger charge is 2.31. The highest BCUT2D eigenvalue weighted by molar-refractivity contribution is 5.88. The van der Waals surface area contributed by atoms with E-state index >= 15 is 0 Å². The fourth-order valence-corrected chi connectivity index (χ4v) is 2.29. The quantitative estimate of drug-likeness (QED) is 0.856. The van der Waals surface area contributed by atoms with Gasteiger partial charge in [-0.1, -0.05) is 6.07 Å². The second kappa shape index (κ2) is 5.05. The van der Waals surface area contributed by atoms with Gasteiger partial charge in [-0.2, -0.15) is 5.10 Å². The molecule has 19 heavy (non-hydrogen) atoms. The van der Waals surface area contributed by atoms with E-state index in [1.165, 1.54) is 6.33 Å². The molecule has 2 aromatic rings. The number of hydrogen-bond donors (Lipinski definition) is 2. The molecular weight excluding hydrogens is 244 g/mol. The lowest BCUT2D eigenvalue weighted by Crippen LogP contribution is -2.35. The number of pyridine rings is 1. The van der Waals surface area contributed by atoms with E-state index in [2.05, 4.69) is 25.5 Å². The normalized spacial score (nSPS) is 18.5. The molecule has 0 aliphatic carbocycles. The van der Waals surface area contributed by atoms with Gasteiger partial charge in [0.25, 0.3) is 0 Å². The van der Waals surface area contributed by atoms with Crippen molar-refractivity contribution in [2.75, 3.05) is 11.9 Å². The fourth-order valence-electron chi connectivity index (χ4n) is 2.29. The number of urea groups is 1. The third-order valence-electron chi connectivity index (χ3n) is 3.16. The van der Waals surface area contributed by atoms with Crippen LogP contribution in [0.2, 0.25) is 0 Å². The number of H-pyrrole nitrogens is 1. The summed E-state index contributed by atoms with van der Waals surface area (Å²) in [5.41, 5.74) is 0. The molecular formula is C12H14N6O. The molecule has 0 bridgehead atoms. The molecule has 0 radical (unpaired) electrons. The summed E-state index contributed by atoms with van der Waals surface area (Å²) in [6, 6.07) is 5.21. The zero-order valence-electron chi connectivity index (χ0n) is 10.3. The first-order valence-electron chi connectivity index (χ1n) is 6.18. The van der Waals surface area contributed by atoms with E-state index < -0.39 is 0 Å². The maximum Gasteiger partial charge on any atom is 0.323 e.